The quantitative estimate of drug-likeness (QED) is 0.294. The lowest BCUT2D eigenvalue weighted by molar-refractivity contribution is -0.00876. The van der Waals surface area contributed by atoms with Crippen LogP contribution in [0.4, 0.5) is 5.82 Å². The van der Waals surface area contributed by atoms with Gasteiger partial charge in [-0.1, -0.05) is 17.2 Å². The number of nitrogens with zero attached hydrogens (tertiary/aromatic N) is 7. The van der Waals surface area contributed by atoms with Gasteiger partial charge in [0.25, 0.3) is 0 Å². The molecule has 0 radical (unpaired) electrons. The van der Waals surface area contributed by atoms with E-state index in [-0.39, 0.29) is 0 Å². The van der Waals surface area contributed by atoms with E-state index in [4.69, 9.17) is 14.5 Å². The minimum absolute atomic E-state index is 0.334. The molecule has 0 aliphatic carbocycles. The maximum Gasteiger partial charge on any atom is 0.212 e. The molecule has 4 aromatic heterocycles. The molecule has 10 nitrogen and oxygen atoms in total. The van der Waals surface area contributed by atoms with Crippen LogP contribution in [0.5, 0.6) is 11.6 Å². The number of ether oxygens (including phenoxy) is 2. The van der Waals surface area contributed by atoms with Crippen molar-refractivity contribution in [2.45, 2.75) is 25.0 Å². The molecule has 3 unspecified atom stereocenters. The fourth-order valence-electron chi connectivity index (χ4n) is 5.46. The third-order valence-electron chi connectivity index (χ3n) is 7.45. The van der Waals surface area contributed by atoms with Gasteiger partial charge in [0, 0.05) is 61.3 Å². The molecule has 200 valence electrons. The summed E-state index contributed by atoms with van der Waals surface area (Å²) in [6.07, 6.45) is 9.90. The molecule has 3 saturated heterocycles. The second kappa shape index (κ2) is 10.7. The Morgan fingerprint density at radius 2 is 1.97 bits per heavy atom. The van der Waals surface area contributed by atoms with Crippen LogP contribution in [0, 0.1) is 11.3 Å². The molecular formula is C28H29N7O3S. The Kier molecular flexibility index (Phi) is 6.99. The standard InChI is InChI=1S/C28H29N7O3S/c1-37-27-6-3-19(12-31-27)15-34-22-9-23(34)17-33(16-22)26-5-4-20(13-30-26)25-10-24(38-7-8-39(2)36)18-35-28(25)21(11-29)14-32-35/h3-6,10,12-14,18,22-23H,7-9,15-17H2,1-2H3. The minimum atomic E-state index is -0.940. The van der Waals surface area contributed by atoms with E-state index in [0.29, 0.717) is 47.2 Å². The van der Waals surface area contributed by atoms with Gasteiger partial charge < -0.3 is 18.9 Å². The predicted octanol–water partition coefficient (Wildman–Crippen LogP) is 2.89. The second-order valence-electron chi connectivity index (χ2n) is 9.91. The van der Waals surface area contributed by atoms with Crippen LogP contribution in [0.15, 0.2) is 55.1 Å². The predicted molar refractivity (Wildman–Crippen MR) is 148 cm³/mol. The molecule has 2 bridgehead atoms. The summed E-state index contributed by atoms with van der Waals surface area (Å²) in [5, 5.41) is 14.0. The lowest BCUT2D eigenvalue weighted by atomic mass is 9.87. The van der Waals surface area contributed by atoms with Gasteiger partial charge in [-0.25, -0.2) is 14.5 Å². The molecule has 7 rings (SSSR count). The number of piperidine rings is 1. The summed E-state index contributed by atoms with van der Waals surface area (Å²) in [5.74, 6) is 2.62. The van der Waals surface area contributed by atoms with Crippen LogP contribution in [-0.2, 0) is 17.7 Å². The van der Waals surface area contributed by atoms with E-state index in [0.717, 1.165) is 36.6 Å². The number of aromatic nitrogens is 4. The van der Waals surface area contributed by atoms with Crippen LogP contribution in [0.1, 0.15) is 17.5 Å². The van der Waals surface area contributed by atoms with Crippen molar-refractivity contribution in [1.29, 1.82) is 5.26 Å². The van der Waals surface area contributed by atoms with E-state index in [2.05, 4.69) is 32.0 Å². The van der Waals surface area contributed by atoms with Crippen LogP contribution in [0.25, 0.3) is 16.6 Å². The maximum absolute atomic E-state index is 11.4. The highest BCUT2D eigenvalue weighted by molar-refractivity contribution is 7.90. The van der Waals surface area contributed by atoms with Crippen molar-refractivity contribution in [1.82, 2.24) is 24.5 Å². The van der Waals surface area contributed by atoms with Crippen molar-refractivity contribution in [3.63, 3.8) is 0 Å². The maximum atomic E-state index is 11.4. The number of piperazine rings is 1. The average Bonchev–Trinajstić information content (AvgIpc) is 3.39. The molecule has 0 amide bonds. The van der Waals surface area contributed by atoms with Gasteiger partial charge in [0.2, 0.25) is 5.88 Å². The van der Waals surface area contributed by atoms with E-state index in [9.17, 15) is 9.81 Å². The van der Waals surface area contributed by atoms with Gasteiger partial charge in [0.15, 0.2) is 0 Å². The molecule has 3 aliphatic heterocycles. The molecule has 0 N–H and O–H groups in total. The molecule has 3 aliphatic rings. The summed E-state index contributed by atoms with van der Waals surface area (Å²) in [6, 6.07) is 13.2. The number of fused-ring (bicyclic) bond motifs is 3. The Bertz CT molecular complexity index is 1490. The lowest BCUT2D eigenvalue weighted by Crippen LogP contribution is -2.68. The van der Waals surface area contributed by atoms with Crippen LogP contribution in [-0.4, -0.2) is 79.9 Å². The Hall–Kier alpha value is -3.85. The van der Waals surface area contributed by atoms with Gasteiger partial charge in [-0.05, 0) is 30.2 Å². The molecule has 7 heterocycles. The third kappa shape index (κ3) is 5.11. The van der Waals surface area contributed by atoms with Crippen molar-refractivity contribution in [2.24, 2.45) is 0 Å². The van der Waals surface area contributed by atoms with Crippen LogP contribution in [0.2, 0.25) is 0 Å². The third-order valence-corrected chi connectivity index (χ3v) is 8.19. The number of anilines is 1. The van der Waals surface area contributed by atoms with Crippen LogP contribution in [0.3, 0.4) is 0 Å². The molecule has 0 spiro atoms. The van der Waals surface area contributed by atoms with E-state index >= 15 is 0 Å². The van der Waals surface area contributed by atoms with E-state index < -0.39 is 11.2 Å². The largest absolute Gasteiger partial charge is 0.616 e. The average molecular weight is 544 g/mol. The topological polar surface area (TPSA) is 115 Å². The Labute approximate surface area is 230 Å². The van der Waals surface area contributed by atoms with Crippen LogP contribution < -0.4 is 14.4 Å². The molecule has 3 atom stereocenters. The number of nitriles is 1. The fourth-order valence-corrected chi connectivity index (χ4v) is 5.77. The summed E-state index contributed by atoms with van der Waals surface area (Å²) in [6.45, 7) is 3.09. The number of hydrogen-bond acceptors (Lipinski definition) is 9. The summed E-state index contributed by atoms with van der Waals surface area (Å²) < 4.78 is 24.1. The van der Waals surface area contributed by atoms with Gasteiger partial charge in [0.05, 0.1) is 36.8 Å². The first-order valence-corrected chi connectivity index (χ1v) is 14.6. The number of methoxy groups -OCH3 is 1. The SMILES string of the molecule is COc1ccc(CN2C3CC2CN(c2ccc(-c4cc(OCC[S+](C)[O-])cn5ncc(C#N)c45)cn2)C3)cn1. The Morgan fingerprint density at radius 1 is 1.13 bits per heavy atom. The van der Waals surface area contributed by atoms with Gasteiger partial charge in [-0.3, -0.25) is 4.90 Å². The zero-order valence-corrected chi connectivity index (χ0v) is 22.7. The first kappa shape index (κ1) is 25.4. The van der Waals surface area contributed by atoms with Gasteiger partial charge in [0.1, 0.15) is 30.0 Å². The fraction of sp³-hybridized carbons (Fsp3) is 0.357. The molecule has 0 saturated carbocycles. The van der Waals surface area contributed by atoms with E-state index in [1.165, 1.54) is 12.0 Å². The molecular weight excluding hydrogens is 514 g/mol. The van der Waals surface area contributed by atoms with Crippen molar-refractivity contribution in [3.8, 4) is 28.8 Å². The van der Waals surface area contributed by atoms with Crippen molar-refractivity contribution in [3.05, 3.63) is 66.2 Å². The van der Waals surface area contributed by atoms with Crippen molar-refractivity contribution >= 4 is 22.5 Å². The zero-order valence-electron chi connectivity index (χ0n) is 21.9. The summed E-state index contributed by atoms with van der Waals surface area (Å²) in [5.41, 5.74) is 4.08. The second-order valence-corrected chi connectivity index (χ2v) is 11.5. The number of rotatable bonds is 9. The zero-order chi connectivity index (χ0) is 26.9. The molecule has 39 heavy (non-hydrogen) atoms. The number of hydrogen-bond donors (Lipinski definition) is 0. The van der Waals surface area contributed by atoms with E-state index in [1.54, 1.807) is 30.3 Å². The summed E-state index contributed by atoms with van der Waals surface area (Å²) >= 11 is -0.940. The number of pyridine rings is 3. The van der Waals surface area contributed by atoms with Crippen LogP contribution >= 0.6 is 0 Å². The van der Waals surface area contributed by atoms with E-state index in [1.807, 2.05) is 36.7 Å². The molecule has 4 aromatic rings. The van der Waals surface area contributed by atoms with Gasteiger partial charge in [-0.2, -0.15) is 10.4 Å². The smallest absolute Gasteiger partial charge is 0.212 e. The first-order valence-electron chi connectivity index (χ1n) is 12.8. The monoisotopic (exact) mass is 543 g/mol. The molecule has 3 fully saturated rings. The molecule has 0 aromatic carbocycles. The molecule has 11 heteroatoms. The highest BCUT2D eigenvalue weighted by Gasteiger charge is 2.44. The lowest BCUT2D eigenvalue weighted by Gasteiger charge is -2.56. The summed E-state index contributed by atoms with van der Waals surface area (Å²) in [7, 11) is 1.63. The van der Waals surface area contributed by atoms with Gasteiger partial charge in [-0.15, -0.1) is 0 Å². The van der Waals surface area contributed by atoms with Gasteiger partial charge >= 0.3 is 0 Å². The Morgan fingerprint density at radius 3 is 2.64 bits per heavy atom. The highest BCUT2D eigenvalue weighted by Crippen LogP contribution is 2.36. The normalized spacial score (nSPS) is 19.4. The highest BCUT2D eigenvalue weighted by atomic mass is 32.2. The minimum Gasteiger partial charge on any atom is -0.616 e. The van der Waals surface area contributed by atoms with Crippen molar-refractivity contribution < 1.29 is 14.0 Å². The van der Waals surface area contributed by atoms with Crippen molar-refractivity contribution in [2.75, 3.05) is 43.7 Å². The first-order chi connectivity index (χ1) is 19.0. The summed E-state index contributed by atoms with van der Waals surface area (Å²) in [4.78, 5) is 14.1. The Balaban J connectivity index is 1.18.